The molecule has 0 aliphatic carbocycles. The van der Waals surface area contributed by atoms with Gasteiger partial charge in [0.2, 0.25) is 0 Å². The predicted molar refractivity (Wildman–Crippen MR) is 170 cm³/mol. The van der Waals surface area contributed by atoms with Crippen LogP contribution < -0.4 is 19.6 Å². The van der Waals surface area contributed by atoms with Gasteiger partial charge in [-0.05, 0) is 97.8 Å². The Morgan fingerprint density at radius 3 is 2.37 bits per heavy atom. The quantitative estimate of drug-likeness (QED) is 0.114. The number of nitrogens with zero attached hydrogens (tertiary/aromatic N) is 2. The fraction of sp³-hybridized carbons (Fsp3) is 0.152. The zero-order valence-electron chi connectivity index (χ0n) is 23.8. The lowest BCUT2D eigenvalue weighted by molar-refractivity contribution is 0.0923. The van der Waals surface area contributed by atoms with E-state index in [1.54, 1.807) is 24.3 Å². The number of rotatable bonds is 11. The van der Waals surface area contributed by atoms with Crippen LogP contribution in [0, 0.1) is 13.8 Å². The van der Waals surface area contributed by atoms with E-state index < -0.39 is 5.91 Å². The number of furan rings is 1. The molecule has 0 fully saturated rings. The van der Waals surface area contributed by atoms with E-state index in [4.69, 9.17) is 30.2 Å². The molecule has 0 radical (unpaired) electrons. The number of hydrazone groups is 1. The molecule has 0 unspecified atom stereocenters. The molecule has 0 bridgehead atoms. The smallest absolute Gasteiger partial charge is 0.307 e. The summed E-state index contributed by atoms with van der Waals surface area (Å²) in [5.74, 6) is 1.66. The molecule has 10 heteroatoms. The third-order valence-corrected chi connectivity index (χ3v) is 7.37. The number of methoxy groups -OCH3 is 1. The summed E-state index contributed by atoms with van der Waals surface area (Å²) in [6.45, 7) is 4.63. The fourth-order valence-electron chi connectivity index (χ4n) is 4.41. The molecule has 5 aromatic rings. The second kappa shape index (κ2) is 13.7. The Hall–Kier alpha value is -4.47. The molecule has 0 saturated heterocycles. The lowest BCUT2D eigenvalue weighted by atomic mass is 10.2. The normalized spacial score (nSPS) is 11.1. The summed E-state index contributed by atoms with van der Waals surface area (Å²) in [6.07, 6.45) is 1.46. The van der Waals surface area contributed by atoms with E-state index in [1.165, 1.54) is 13.3 Å². The van der Waals surface area contributed by atoms with E-state index in [0.29, 0.717) is 40.2 Å². The van der Waals surface area contributed by atoms with Crippen LogP contribution in [0.2, 0.25) is 5.02 Å². The predicted octanol–water partition coefficient (Wildman–Crippen LogP) is 8.03. The van der Waals surface area contributed by atoms with E-state index in [1.807, 2.05) is 48.5 Å². The zero-order valence-corrected chi connectivity index (χ0v) is 26.1. The van der Waals surface area contributed by atoms with Crippen LogP contribution in [0.5, 0.6) is 17.2 Å². The van der Waals surface area contributed by atoms with E-state index >= 15 is 0 Å². The van der Waals surface area contributed by atoms with Crippen molar-refractivity contribution in [2.24, 2.45) is 5.10 Å². The first-order valence-corrected chi connectivity index (χ1v) is 14.5. The maximum atomic E-state index is 12.6. The van der Waals surface area contributed by atoms with Gasteiger partial charge in [0.05, 0.1) is 18.3 Å². The molecule has 0 aliphatic rings. The van der Waals surface area contributed by atoms with Crippen LogP contribution in [0.15, 0.2) is 98.9 Å². The molecule has 1 amide bonds. The van der Waals surface area contributed by atoms with Crippen molar-refractivity contribution in [3.05, 3.63) is 128 Å². The van der Waals surface area contributed by atoms with Gasteiger partial charge in [-0.2, -0.15) is 5.10 Å². The van der Waals surface area contributed by atoms with E-state index in [-0.39, 0.29) is 12.4 Å². The minimum Gasteiger partial charge on any atom is -0.493 e. The van der Waals surface area contributed by atoms with Gasteiger partial charge in [0, 0.05) is 21.5 Å². The van der Waals surface area contributed by atoms with Gasteiger partial charge in [0.15, 0.2) is 17.3 Å². The monoisotopic (exact) mass is 661 g/mol. The van der Waals surface area contributed by atoms with E-state index in [9.17, 15) is 4.79 Å². The number of nitrogens with one attached hydrogen (secondary N) is 1. The lowest BCUT2D eigenvalue weighted by Crippen LogP contribution is -2.16. The van der Waals surface area contributed by atoms with Gasteiger partial charge in [-0.1, -0.05) is 39.7 Å². The summed E-state index contributed by atoms with van der Waals surface area (Å²) in [7, 11) is 1.53. The van der Waals surface area contributed by atoms with Gasteiger partial charge in [-0.25, -0.2) is 5.43 Å². The molecule has 0 atom stereocenters. The van der Waals surface area contributed by atoms with Crippen molar-refractivity contribution < 1.29 is 23.4 Å². The number of hydrogen-bond donors (Lipinski definition) is 1. The number of ether oxygens (including phenoxy) is 3. The number of carbonyl (C=O) groups is 1. The molecule has 5 rings (SSSR count). The van der Waals surface area contributed by atoms with Crippen LogP contribution in [0.1, 0.15) is 38.8 Å². The van der Waals surface area contributed by atoms with Crippen LogP contribution in [0.3, 0.4) is 0 Å². The molecular formula is C33H29BrClN3O5. The third-order valence-electron chi connectivity index (χ3n) is 6.56. The van der Waals surface area contributed by atoms with E-state index in [0.717, 1.165) is 27.1 Å². The van der Waals surface area contributed by atoms with Crippen LogP contribution in [0.25, 0.3) is 5.69 Å². The van der Waals surface area contributed by atoms with Gasteiger partial charge in [-0.3, -0.25) is 4.79 Å². The van der Waals surface area contributed by atoms with Crippen LogP contribution in [-0.2, 0) is 13.2 Å². The highest BCUT2D eigenvalue weighted by atomic mass is 79.9. The maximum absolute atomic E-state index is 12.6. The first-order chi connectivity index (χ1) is 20.8. The number of aryl methyl sites for hydroxylation is 2. The molecule has 8 nitrogen and oxygen atoms in total. The summed E-state index contributed by atoms with van der Waals surface area (Å²) in [5, 5.41) is 4.38. The Kier molecular flexibility index (Phi) is 9.54. The third kappa shape index (κ3) is 7.49. The molecule has 3 aromatic carbocycles. The largest absolute Gasteiger partial charge is 0.493 e. The summed E-state index contributed by atoms with van der Waals surface area (Å²) < 4.78 is 26.0. The Morgan fingerprint density at radius 1 is 0.953 bits per heavy atom. The van der Waals surface area contributed by atoms with Gasteiger partial charge >= 0.3 is 5.91 Å². The van der Waals surface area contributed by atoms with Crippen LogP contribution >= 0.6 is 27.5 Å². The highest BCUT2D eigenvalue weighted by Gasteiger charge is 2.14. The standard InChI is InChI=1S/C33H29BrClN3O5/c1-21-4-5-22(2)38(21)26-10-12-27(13-11-26)41-20-28-14-15-30(43-28)33(39)37-36-18-24-16-29(35)32(31(17-24)40-3)42-19-23-6-8-25(34)9-7-23/h4-18H,19-20H2,1-3H3,(H,37,39)/b36-18+. The molecule has 2 heterocycles. The van der Waals surface area contributed by atoms with Crippen LogP contribution in [-0.4, -0.2) is 23.8 Å². The molecule has 1 N–H and O–H groups in total. The number of benzene rings is 3. The van der Waals surface area contributed by atoms with Crippen molar-refractivity contribution in [2.75, 3.05) is 7.11 Å². The Balaban J connectivity index is 1.14. The first kappa shape index (κ1) is 30.0. The second-order valence-corrected chi connectivity index (χ2v) is 11.0. The number of amides is 1. The highest BCUT2D eigenvalue weighted by Crippen LogP contribution is 2.36. The Morgan fingerprint density at radius 2 is 1.67 bits per heavy atom. The minimum atomic E-state index is -0.503. The van der Waals surface area contributed by atoms with Crippen LogP contribution in [0.4, 0.5) is 0 Å². The van der Waals surface area contributed by atoms with Crippen molar-refractivity contribution in [2.45, 2.75) is 27.1 Å². The summed E-state index contributed by atoms with van der Waals surface area (Å²) in [6, 6.07) is 26.4. The van der Waals surface area contributed by atoms with Crippen molar-refractivity contribution in [1.82, 2.24) is 9.99 Å². The number of halogens is 2. The number of hydrogen-bond acceptors (Lipinski definition) is 6. The van der Waals surface area contributed by atoms with Crippen molar-refractivity contribution in [3.8, 4) is 22.9 Å². The van der Waals surface area contributed by atoms with Gasteiger partial charge in [-0.15, -0.1) is 0 Å². The van der Waals surface area contributed by atoms with E-state index in [2.05, 4.69) is 57.0 Å². The topological polar surface area (TPSA) is 87.2 Å². The number of aromatic nitrogens is 1. The lowest BCUT2D eigenvalue weighted by Gasteiger charge is -2.13. The van der Waals surface area contributed by atoms with Crippen molar-refractivity contribution >= 4 is 39.7 Å². The molecule has 2 aromatic heterocycles. The van der Waals surface area contributed by atoms with Crippen molar-refractivity contribution in [1.29, 1.82) is 0 Å². The fourth-order valence-corrected chi connectivity index (χ4v) is 4.95. The first-order valence-electron chi connectivity index (χ1n) is 13.4. The molecule has 0 aliphatic heterocycles. The maximum Gasteiger partial charge on any atom is 0.307 e. The molecule has 0 saturated carbocycles. The summed E-state index contributed by atoms with van der Waals surface area (Å²) >= 11 is 9.89. The molecule has 43 heavy (non-hydrogen) atoms. The highest BCUT2D eigenvalue weighted by molar-refractivity contribution is 9.10. The second-order valence-electron chi connectivity index (χ2n) is 9.65. The van der Waals surface area contributed by atoms with Gasteiger partial charge in [0.25, 0.3) is 0 Å². The Labute approximate surface area is 263 Å². The number of carbonyl (C=O) groups excluding carboxylic acids is 1. The summed E-state index contributed by atoms with van der Waals surface area (Å²) in [5.41, 5.74) is 7.44. The molecule has 0 spiro atoms. The average molecular weight is 663 g/mol. The summed E-state index contributed by atoms with van der Waals surface area (Å²) in [4.78, 5) is 12.6. The van der Waals surface area contributed by atoms with Gasteiger partial charge in [0.1, 0.15) is 24.7 Å². The SMILES string of the molecule is COc1cc(/C=N/NC(=O)c2ccc(COc3ccc(-n4c(C)ccc4C)cc3)o2)cc(Cl)c1OCc1ccc(Br)cc1. The van der Waals surface area contributed by atoms with Crippen molar-refractivity contribution in [3.63, 3.8) is 0 Å². The molecule has 220 valence electrons. The minimum absolute atomic E-state index is 0.108. The zero-order chi connectivity index (χ0) is 30.3. The Bertz CT molecular complexity index is 1720. The molecular weight excluding hydrogens is 634 g/mol. The van der Waals surface area contributed by atoms with Gasteiger partial charge < -0.3 is 23.2 Å². The average Bonchev–Trinajstić information content (AvgIpc) is 3.62.